The zero-order chi connectivity index (χ0) is 52.7. The Kier molecular flexibility index (Phi) is 9.38. The van der Waals surface area contributed by atoms with E-state index in [0.717, 1.165) is 40.1 Å². The van der Waals surface area contributed by atoms with Crippen molar-refractivity contribution in [2.45, 2.75) is 62.3 Å². The van der Waals surface area contributed by atoms with Crippen molar-refractivity contribution in [1.82, 2.24) is 0 Å². The highest BCUT2D eigenvalue weighted by molar-refractivity contribution is 7.04. The van der Waals surface area contributed by atoms with E-state index in [1.165, 1.54) is 145 Å². The summed E-state index contributed by atoms with van der Waals surface area (Å²) < 4.78 is 13.7. The maximum atomic E-state index is 6.95. The van der Waals surface area contributed by atoms with Crippen molar-refractivity contribution in [3.8, 4) is 23.0 Å². The number of para-hydroxylation sites is 2. The Labute approximate surface area is 458 Å². The van der Waals surface area contributed by atoms with Gasteiger partial charge in [0.2, 0.25) is 0 Å². The summed E-state index contributed by atoms with van der Waals surface area (Å²) >= 11 is 0. The fourth-order valence-corrected chi connectivity index (χ4v) is 15.4. The lowest BCUT2D eigenvalue weighted by Crippen LogP contribution is -2.66. The number of nitrogens with zero attached hydrogens (tertiary/aromatic N) is 3. The summed E-state index contributed by atoms with van der Waals surface area (Å²) in [6.45, 7) is 20.1. The zero-order valence-electron chi connectivity index (χ0n) is 45.5. The van der Waals surface area contributed by atoms with Gasteiger partial charge in [0.15, 0.2) is 0 Å². The molecule has 0 saturated carbocycles. The van der Waals surface area contributed by atoms with Crippen molar-refractivity contribution < 1.29 is 9.47 Å². The number of ether oxygens (including phenoxy) is 2. The van der Waals surface area contributed by atoms with E-state index >= 15 is 0 Å². The molecule has 0 aliphatic carbocycles. The third-order valence-corrected chi connectivity index (χ3v) is 17.8. The molecule has 1 N–H and O–H groups in total. The predicted molar refractivity (Wildman–Crippen MR) is 330 cm³/mol. The fourth-order valence-electron chi connectivity index (χ4n) is 15.4. The highest BCUT2D eigenvalue weighted by Crippen LogP contribution is 2.51. The Bertz CT molecular complexity index is 4300. The summed E-state index contributed by atoms with van der Waals surface area (Å²) in [5.74, 6) is 3.63. The van der Waals surface area contributed by atoms with E-state index in [4.69, 9.17) is 9.47 Å². The van der Waals surface area contributed by atoms with Crippen LogP contribution in [0.15, 0.2) is 164 Å². The summed E-state index contributed by atoms with van der Waals surface area (Å²) in [5, 5.41) is 4.00. The van der Waals surface area contributed by atoms with Gasteiger partial charge < -0.3 is 29.5 Å². The van der Waals surface area contributed by atoms with Gasteiger partial charge in [0.1, 0.15) is 23.0 Å². The summed E-state index contributed by atoms with van der Waals surface area (Å²) in [5.41, 5.74) is 35.3. The summed E-state index contributed by atoms with van der Waals surface area (Å²) in [4.78, 5) is 7.82. The highest BCUT2D eigenvalue weighted by atomic mass is 16.5. The topological polar surface area (TPSA) is 40.2 Å². The Morgan fingerprint density at radius 1 is 0.295 bits per heavy atom. The van der Waals surface area contributed by atoms with Crippen molar-refractivity contribution in [2.24, 2.45) is 0 Å². The monoisotopic (exact) mass is 1000 g/mol. The van der Waals surface area contributed by atoms with Crippen LogP contribution in [0.1, 0.15) is 50.1 Å². The number of anilines is 11. The van der Waals surface area contributed by atoms with Crippen molar-refractivity contribution in [1.29, 1.82) is 0 Å². The lowest BCUT2D eigenvalue weighted by atomic mass is 9.29. The van der Waals surface area contributed by atoms with Crippen LogP contribution in [-0.2, 0) is 0 Å². The molecule has 0 aromatic heterocycles. The molecule has 6 aliphatic rings. The van der Waals surface area contributed by atoms with Gasteiger partial charge in [-0.2, -0.15) is 0 Å². The van der Waals surface area contributed by atoms with Gasteiger partial charge in [0.25, 0.3) is 20.1 Å². The summed E-state index contributed by atoms with van der Waals surface area (Å²) in [6, 6.07) is 61.9. The minimum Gasteiger partial charge on any atom is -0.458 e. The molecule has 0 spiro atoms. The van der Waals surface area contributed by atoms with Crippen LogP contribution >= 0.6 is 0 Å². The first-order chi connectivity index (χ1) is 37.9. The van der Waals surface area contributed by atoms with Gasteiger partial charge in [0, 0.05) is 45.5 Å². The van der Waals surface area contributed by atoms with Crippen LogP contribution in [0.5, 0.6) is 23.0 Å². The first-order valence-electron chi connectivity index (χ1n) is 27.6. The van der Waals surface area contributed by atoms with E-state index in [-0.39, 0.29) is 20.1 Å². The molecular weight excluding hydrogens is 949 g/mol. The van der Waals surface area contributed by atoms with Crippen molar-refractivity contribution in [3.63, 3.8) is 0 Å². The molecule has 10 aromatic rings. The van der Waals surface area contributed by atoms with E-state index in [1.807, 2.05) is 0 Å². The lowest BCUT2D eigenvalue weighted by molar-refractivity contribution is 0.487. The highest BCUT2D eigenvalue weighted by Gasteiger charge is 2.50. The van der Waals surface area contributed by atoms with Crippen LogP contribution in [0.4, 0.5) is 62.6 Å². The maximum absolute atomic E-state index is 6.95. The molecule has 0 unspecified atom stereocenters. The molecule has 78 heavy (non-hydrogen) atoms. The SMILES string of the molecule is Cc1cc(C)c(N2c3cc4c(cc3B3c5ccccc5Oc5cccc2c53)B2c3cc5c(cc3N(c3c(C)cc(C)cc3C)c3cccc(c32)N4c2c(C)cc(C)cc2C)Nc2cccc3c2B5c2ccccc2O3)c(C)c1. The predicted octanol–water partition coefficient (Wildman–Crippen LogP) is 11.6. The minimum atomic E-state index is -0.156. The fraction of sp³-hybridized carbons (Fsp3) is 0.130. The van der Waals surface area contributed by atoms with Gasteiger partial charge >= 0.3 is 0 Å². The summed E-state index contributed by atoms with van der Waals surface area (Å²) in [6.07, 6.45) is 0. The number of hydrogen-bond donors (Lipinski definition) is 1. The molecule has 0 amide bonds. The first-order valence-corrected chi connectivity index (χ1v) is 27.6. The van der Waals surface area contributed by atoms with Crippen LogP contribution in [0.3, 0.4) is 0 Å². The van der Waals surface area contributed by atoms with Gasteiger partial charge in [-0.15, -0.1) is 0 Å². The van der Waals surface area contributed by atoms with Crippen LogP contribution < -0.4 is 78.7 Å². The summed E-state index contributed by atoms with van der Waals surface area (Å²) in [7, 11) is 0. The molecule has 0 saturated heterocycles. The molecule has 0 fully saturated rings. The van der Waals surface area contributed by atoms with Gasteiger partial charge in [0.05, 0.1) is 17.1 Å². The van der Waals surface area contributed by atoms with Gasteiger partial charge in [-0.1, -0.05) is 120 Å². The largest absolute Gasteiger partial charge is 0.458 e. The Balaban J connectivity index is 1.06. The zero-order valence-corrected chi connectivity index (χ0v) is 45.5. The van der Waals surface area contributed by atoms with Crippen molar-refractivity contribution >= 4 is 132 Å². The second-order valence-corrected chi connectivity index (χ2v) is 23.0. The average molecular weight is 1000 g/mol. The van der Waals surface area contributed by atoms with E-state index in [0.29, 0.717) is 0 Å². The van der Waals surface area contributed by atoms with Gasteiger partial charge in [-0.25, -0.2) is 0 Å². The molecule has 6 aliphatic heterocycles. The smallest absolute Gasteiger partial charge is 0.256 e. The maximum Gasteiger partial charge on any atom is 0.256 e. The van der Waals surface area contributed by atoms with E-state index in [9.17, 15) is 0 Å². The third-order valence-electron chi connectivity index (χ3n) is 17.8. The Hall–Kier alpha value is -8.81. The minimum absolute atomic E-state index is 0.0419. The van der Waals surface area contributed by atoms with Gasteiger partial charge in [-0.05, 0) is 206 Å². The Morgan fingerprint density at radius 3 is 1.17 bits per heavy atom. The van der Waals surface area contributed by atoms with Crippen molar-refractivity contribution in [3.05, 3.63) is 214 Å². The second kappa shape index (κ2) is 16.1. The number of nitrogens with one attached hydrogen (secondary N) is 1. The molecule has 0 atom stereocenters. The van der Waals surface area contributed by atoms with Gasteiger partial charge in [-0.3, -0.25) is 0 Å². The Morgan fingerprint density at radius 2 is 0.667 bits per heavy atom. The van der Waals surface area contributed by atoms with E-state index < -0.39 is 0 Å². The van der Waals surface area contributed by atoms with Crippen LogP contribution in [0.25, 0.3) is 0 Å². The number of fused-ring (bicyclic) bond motifs is 12. The molecule has 0 bridgehead atoms. The van der Waals surface area contributed by atoms with Crippen LogP contribution in [0.2, 0.25) is 0 Å². The average Bonchev–Trinajstić information content (AvgIpc) is 3.53. The number of rotatable bonds is 3. The van der Waals surface area contributed by atoms with Crippen molar-refractivity contribution in [2.75, 3.05) is 20.0 Å². The third kappa shape index (κ3) is 6.13. The molecule has 16 rings (SSSR count). The molecule has 9 heteroatoms. The normalized spacial score (nSPS) is 14.1. The molecule has 6 heterocycles. The lowest BCUT2D eigenvalue weighted by Gasteiger charge is -2.47. The number of hydrogen-bond acceptors (Lipinski definition) is 6. The number of aryl methyl sites for hydroxylation is 9. The number of benzene rings is 10. The van der Waals surface area contributed by atoms with E-state index in [2.05, 4.69) is 246 Å². The molecular formula is C69H55B3N4O2. The van der Waals surface area contributed by atoms with Crippen LogP contribution in [0, 0.1) is 62.3 Å². The van der Waals surface area contributed by atoms with E-state index in [1.54, 1.807) is 0 Å². The molecule has 6 nitrogen and oxygen atoms in total. The second-order valence-electron chi connectivity index (χ2n) is 23.0. The standard InChI is InChI=1S/C69H55B3N4O2/c1-37-27-40(4)67(41(5)28-37)74-54-20-15-21-55-65(54)72(49-33-48-53(35-57(49)74)73-52-19-14-25-62-64(52)70(48)46-17-10-12-23-60(46)77-62)51-34-50-58(36-59(51)75(55)68-42(6)29-38(2)30-43(68)7)76(69-44(8)31-39(3)32-45(69)9)56-22-16-26-63-66(56)71(50)47-18-11-13-24-61(47)78-63/h10-36,73H,1-9H3. The van der Waals surface area contributed by atoms with Crippen LogP contribution in [-0.4, -0.2) is 20.1 Å². The molecule has 0 radical (unpaired) electrons. The quantitative estimate of drug-likeness (QED) is 0.178. The molecule has 372 valence electrons. The first kappa shape index (κ1) is 45.4. The molecule has 10 aromatic carbocycles.